The summed E-state index contributed by atoms with van der Waals surface area (Å²) in [6, 6.07) is 3.67. The molecule has 0 bridgehead atoms. The van der Waals surface area contributed by atoms with Crippen LogP contribution in [0, 0.1) is 0 Å². The molecular formula is C30H44N8O8. The number of hydrogen-bond acceptors (Lipinski definition) is 8. The van der Waals surface area contributed by atoms with Gasteiger partial charge >= 0.3 is 11.9 Å². The fourth-order valence-electron chi connectivity index (χ4n) is 5.57. The SMILES string of the molecule is NC(N)=NCCC[C@H](NC(=O)[C@@H]1CCCN1C(=O)[C@@H]1CCCN1)C(=O)N[C@@H](Cc1ccccc1)C(=O)N[C@@H](CCC(=O)O)C(=O)O. The first-order chi connectivity index (χ1) is 22.0. The van der Waals surface area contributed by atoms with Gasteiger partial charge in [0.15, 0.2) is 5.96 Å². The zero-order chi connectivity index (χ0) is 33.6. The number of benzene rings is 1. The minimum absolute atomic E-state index is 0.0162. The van der Waals surface area contributed by atoms with E-state index in [2.05, 4.69) is 26.3 Å². The van der Waals surface area contributed by atoms with Gasteiger partial charge in [-0.3, -0.25) is 29.0 Å². The molecule has 2 aliphatic rings. The molecule has 0 unspecified atom stereocenters. The van der Waals surface area contributed by atoms with E-state index in [0.29, 0.717) is 37.8 Å². The van der Waals surface area contributed by atoms with Crippen LogP contribution >= 0.6 is 0 Å². The summed E-state index contributed by atoms with van der Waals surface area (Å²) in [4.78, 5) is 81.9. The summed E-state index contributed by atoms with van der Waals surface area (Å²) < 4.78 is 0. The third-order valence-corrected chi connectivity index (χ3v) is 7.95. The number of carboxylic acids is 2. The lowest BCUT2D eigenvalue weighted by Gasteiger charge is -2.29. The van der Waals surface area contributed by atoms with E-state index in [-0.39, 0.29) is 43.7 Å². The van der Waals surface area contributed by atoms with Crippen molar-refractivity contribution in [2.24, 2.45) is 16.5 Å². The van der Waals surface area contributed by atoms with Crippen molar-refractivity contribution in [2.45, 2.75) is 88.0 Å². The van der Waals surface area contributed by atoms with Gasteiger partial charge in [0, 0.05) is 25.9 Å². The average Bonchev–Trinajstić information content (AvgIpc) is 3.73. The molecule has 2 heterocycles. The number of aliphatic imine (C=N–C) groups is 1. The lowest BCUT2D eigenvalue weighted by molar-refractivity contribution is -0.143. The fraction of sp³-hybridized carbons (Fsp3) is 0.567. The van der Waals surface area contributed by atoms with Gasteiger partial charge in [-0.25, -0.2) is 4.79 Å². The molecule has 3 rings (SSSR count). The van der Waals surface area contributed by atoms with Crippen molar-refractivity contribution >= 4 is 41.5 Å². The van der Waals surface area contributed by atoms with Crippen molar-refractivity contribution in [1.29, 1.82) is 0 Å². The molecule has 0 aliphatic carbocycles. The van der Waals surface area contributed by atoms with Gasteiger partial charge in [-0.2, -0.15) is 0 Å². The summed E-state index contributed by atoms with van der Waals surface area (Å²) in [7, 11) is 0. The second-order valence-corrected chi connectivity index (χ2v) is 11.4. The monoisotopic (exact) mass is 644 g/mol. The van der Waals surface area contributed by atoms with E-state index in [0.717, 1.165) is 13.0 Å². The van der Waals surface area contributed by atoms with Crippen LogP contribution < -0.4 is 32.7 Å². The number of carboxylic acid groups (broad SMARTS) is 2. The highest BCUT2D eigenvalue weighted by Gasteiger charge is 2.39. The minimum Gasteiger partial charge on any atom is -0.481 e. The Bertz CT molecular complexity index is 1270. The molecule has 2 saturated heterocycles. The normalized spacial score (nSPS) is 19.3. The highest BCUT2D eigenvalue weighted by molar-refractivity contribution is 5.96. The van der Waals surface area contributed by atoms with Crippen LogP contribution in [-0.2, 0) is 35.2 Å². The molecule has 16 heteroatoms. The van der Waals surface area contributed by atoms with Crippen molar-refractivity contribution in [3.8, 4) is 0 Å². The molecule has 252 valence electrons. The van der Waals surface area contributed by atoms with Crippen LogP contribution in [0.1, 0.15) is 56.9 Å². The summed E-state index contributed by atoms with van der Waals surface area (Å²) in [6.45, 7) is 1.31. The van der Waals surface area contributed by atoms with Crippen LogP contribution in [0.4, 0.5) is 0 Å². The first kappa shape index (κ1) is 35.7. The van der Waals surface area contributed by atoms with Crippen LogP contribution in [-0.4, -0.2) is 106 Å². The molecule has 0 aromatic heterocycles. The molecule has 0 spiro atoms. The van der Waals surface area contributed by atoms with E-state index < -0.39 is 60.2 Å². The van der Waals surface area contributed by atoms with E-state index in [1.54, 1.807) is 35.2 Å². The molecule has 10 N–H and O–H groups in total. The quantitative estimate of drug-likeness (QED) is 0.0546. The van der Waals surface area contributed by atoms with Crippen molar-refractivity contribution in [3.63, 3.8) is 0 Å². The molecule has 0 saturated carbocycles. The van der Waals surface area contributed by atoms with Gasteiger partial charge in [-0.05, 0) is 57.1 Å². The van der Waals surface area contributed by atoms with Gasteiger partial charge in [0.1, 0.15) is 24.2 Å². The van der Waals surface area contributed by atoms with Gasteiger partial charge in [0.05, 0.1) is 6.04 Å². The largest absolute Gasteiger partial charge is 0.481 e. The van der Waals surface area contributed by atoms with E-state index in [1.165, 1.54) is 0 Å². The van der Waals surface area contributed by atoms with Crippen LogP contribution in [0.3, 0.4) is 0 Å². The highest BCUT2D eigenvalue weighted by atomic mass is 16.4. The smallest absolute Gasteiger partial charge is 0.326 e. The van der Waals surface area contributed by atoms with E-state index >= 15 is 0 Å². The molecule has 16 nitrogen and oxygen atoms in total. The first-order valence-electron chi connectivity index (χ1n) is 15.4. The molecule has 1 aromatic carbocycles. The van der Waals surface area contributed by atoms with Crippen molar-refractivity contribution in [2.75, 3.05) is 19.6 Å². The Morgan fingerprint density at radius 2 is 1.61 bits per heavy atom. The molecule has 2 fully saturated rings. The van der Waals surface area contributed by atoms with Gasteiger partial charge in [-0.15, -0.1) is 0 Å². The van der Waals surface area contributed by atoms with Gasteiger partial charge in [-0.1, -0.05) is 30.3 Å². The van der Waals surface area contributed by atoms with E-state index in [9.17, 15) is 33.9 Å². The third kappa shape index (κ3) is 11.0. The van der Waals surface area contributed by atoms with Crippen molar-refractivity contribution < 1.29 is 39.0 Å². The Hall–Kier alpha value is -4.73. The maximum absolute atomic E-state index is 13.7. The molecule has 1 aromatic rings. The number of guanidine groups is 1. The fourth-order valence-corrected chi connectivity index (χ4v) is 5.57. The predicted molar refractivity (Wildman–Crippen MR) is 166 cm³/mol. The molecule has 0 radical (unpaired) electrons. The molecule has 4 amide bonds. The number of carbonyl (C=O) groups excluding carboxylic acids is 4. The number of nitrogens with one attached hydrogen (secondary N) is 4. The molecular weight excluding hydrogens is 600 g/mol. The Morgan fingerprint density at radius 1 is 0.913 bits per heavy atom. The Labute approximate surface area is 266 Å². The lowest BCUT2D eigenvalue weighted by Crippen LogP contribution is -2.58. The summed E-state index contributed by atoms with van der Waals surface area (Å²) in [5.74, 6) is -4.99. The van der Waals surface area contributed by atoms with Crippen molar-refractivity contribution in [1.82, 2.24) is 26.2 Å². The highest BCUT2D eigenvalue weighted by Crippen LogP contribution is 2.21. The number of nitrogens with two attached hydrogens (primary N) is 2. The van der Waals surface area contributed by atoms with Gasteiger partial charge in [0.25, 0.3) is 0 Å². The topological polar surface area (TPSA) is 259 Å². The molecule has 2 aliphatic heterocycles. The Balaban J connectivity index is 1.79. The molecule has 46 heavy (non-hydrogen) atoms. The lowest BCUT2D eigenvalue weighted by atomic mass is 10.0. The van der Waals surface area contributed by atoms with Crippen LogP contribution in [0.15, 0.2) is 35.3 Å². The van der Waals surface area contributed by atoms with Gasteiger partial charge < -0.3 is 47.8 Å². The summed E-state index contributed by atoms with van der Waals surface area (Å²) in [5.41, 5.74) is 11.5. The van der Waals surface area contributed by atoms with Crippen molar-refractivity contribution in [3.05, 3.63) is 35.9 Å². The summed E-state index contributed by atoms with van der Waals surface area (Å²) >= 11 is 0. The average molecular weight is 645 g/mol. The zero-order valence-electron chi connectivity index (χ0n) is 25.7. The Kier molecular flexibility index (Phi) is 13.7. The van der Waals surface area contributed by atoms with E-state index in [1.807, 2.05) is 0 Å². The van der Waals surface area contributed by atoms with Crippen LogP contribution in [0.25, 0.3) is 0 Å². The number of rotatable bonds is 17. The zero-order valence-corrected chi connectivity index (χ0v) is 25.7. The summed E-state index contributed by atoms with van der Waals surface area (Å²) in [5, 5.41) is 29.4. The van der Waals surface area contributed by atoms with Crippen LogP contribution in [0.2, 0.25) is 0 Å². The number of nitrogens with zero attached hydrogens (tertiary/aromatic N) is 2. The predicted octanol–water partition coefficient (Wildman–Crippen LogP) is -1.57. The first-order valence-corrected chi connectivity index (χ1v) is 15.4. The second kappa shape index (κ2) is 17.7. The summed E-state index contributed by atoms with van der Waals surface area (Å²) in [6.07, 6.45) is 2.12. The minimum atomic E-state index is -1.51. The third-order valence-electron chi connectivity index (χ3n) is 7.95. The Morgan fingerprint density at radius 3 is 2.24 bits per heavy atom. The maximum atomic E-state index is 13.7. The number of carbonyl (C=O) groups is 6. The number of hydrogen-bond donors (Lipinski definition) is 8. The van der Waals surface area contributed by atoms with E-state index in [4.69, 9.17) is 16.6 Å². The maximum Gasteiger partial charge on any atom is 0.326 e. The number of aliphatic carboxylic acids is 2. The number of likely N-dealkylation sites (tertiary alicyclic amines) is 1. The molecule has 5 atom stereocenters. The number of amides is 4. The second-order valence-electron chi connectivity index (χ2n) is 11.4. The van der Waals surface area contributed by atoms with Crippen LogP contribution in [0.5, 0.6) is 0 Å². The standard InChI is InChI=1S/C30H44N8O8/c31-30(32)34-15-4-9-19(35-27(43)23-11-6-16-38(23)28(44)20-10-5-14-33-20)25(41)37-22(17-18-7-2-1-3-8-18)26(42)36-21(29(45)46)12-13-24(39)40/h1-3,7-8,19-23,33H,4-6,9-17H2,(H,35,43)(H,36,42)(H,37,41)(H,39,40)(H,45,46)(H4,31,32,34)/t19-,20-,21-,22-,23-/m0/s1. The van der Waals surface area contributed by atoms with Gasteiger partial charge in [0.2, 0.25) is 23.6 Å².